The second-order valence-corrected chi connectivity index (χ2v) is 7.17. The van der Waals surface area contributed by atoms with Crippen molar-refractivity contribution < 1.29 is 22.6 Å². The number of nitrogens with one attached hydrogen (secondary N) is 2. The molecule has 7 heteroatoms. The van der Waals surface area contributed by atoms with E-state index in [0.29, 0.717) is 18.1 Å². The fraction of sp³-hybridized carbons (Fsp3) is 0.500. The van der Waals surface area contributed by atoms with Crippen molar-refractivity contribution in [1.82, 2.24) is 10.3 Å². The highest BCUT2D eigenvalue weighted by molar-refractivity contribution is 5.74. The van der Waals surface area contributed by atoms with Gasteiger partial charge in [0.2, 0.25) is 0 Å². The summed E-state index contributed by atoms with van der Waals surface area (Å²) in [5.41, 5.74) is 3.20. The number of para-hydroxylation sites is 1. The van der Waals surface area contributed by atoms with Gasteiger partial charge in [-0.25, -0.2) is 0 Å². The number of piperidine rings is 1. The third-order valence-corrected chi connectivity index (χ3v) is 5.16. The fourth-order valence-electron chi connectivity index (χ4n) is 3.67. The summed E-state index contributed by atoms with van der Waals surface area (Å²) in [5, 5.41) is 3.30. The third-order valence-electron chi connectivity index (χ3n) is 5.16. The molecule has 1 aliphatic carbocycles. The zero-order chi connectivity index (χ0) is 18.9. The van der Waals surface area contributed by atoms with Crippen molar-refractivity contribution in [3.05, 3.63) is 41.7 Å². The lowest BCUT2D eigenvalue weighted by atomic mass is 10.0. The van der Waals surface area contributed by atoms with Crippen LogP contribution < -0.4 is 10.1 Å². The van der Waals surface area contributed by atoms with Gasteiger partial charge in [-0.1, -0.05) is 18.2 Å². The number of halogens is 3. The van der Waals surface area contributed by atoms with Crippen LogP contribution in [0.4, 0.5) is 13.2 Å². The SMILES string of the molecule is FC(F)(F)Oc1ccccc1-c1c[nH]c(C2CC2)c1COC1CCNCC1. The maximum absolute atomic E-state index is 12.8. The number of benzene rings is 1. The minimum Gasteiger partial charge on any atom is -0.405 e. The lowest BCUT2D eigenvalue weighted by Crippen LogP contribution is -2.32. The van der Waals surface area contributed by atoms with Gasteiger partial charge >= 0.3 is 6.36 Å². The Morgan fingerprint density at radius 1 is 1.00 bits per heavy atom. The van der Waals surface area contributed by atoms with Gasteiger partial charge in [0.15, 0.2) is 0 Å². The van der Waals surface area contributed by atoms with E-state index in [1.807, 2.05) is 0 Å². The molecule has 0 spiro atoms. The molecule has 2 aromatic rings. The van der Waals surface area contributed by atoms with Crippen molar-refractivity contribution in [1.29, 1.82) is 0 Å². The zero-order valence-electron chi connectivity index (χ0n) is 14.9. The highest BCUT2D eigenvalue weighted by Crippen LogP contribution is 2.45. The Kier molecular flexibility index (Phi) is 5.14. The van der Waals surface area contributed by atoms with Crippen LogP contribution in [0.2, 0.25) is 0 Å². The predicted molar refractivity (Wildman–Crippen MR) is 95.6 cm³/mol. The summed E-state index contributed by atoms with van der Waals surface area (Å²) in [4.78, 5) is 3.28. The summed E-state index contributed by atoms with van der Waals surface area (Å²) in [6.45, 7) is 2.26. The van der Waals surface area contributed by atoms with E-state index in [1.54, 1.807) is 24.4 Å². The summed E-state index contributed by atoms with van der Waals surface area (Å²) in [6, 6.07) is 6.28. The molecule has 27 heavy (non-hydrogen) atoms. The zero-order valence-corrected chi connectivity index (χ0v) is 14.9. The minimum atomic E-state index is -4.72. The molecule has 2 heterocycles. The maximum Gasteiger partial charge on any atom is 0.573 e. The summed E-state index contributed by atoms with van der Waals surface area (Å²) >= 11 is 0. The normalized spacial score (nSPS) is 18.6. The molecular formula is C20H23F3N2O2. The van der Waals surface area contributed by atoms with Gasteiger partial charge < -0.3 is 19.8 Å². The van der Waals surface area contributed by atoms with Gasteiger partial charge in [0.25, 0.3) is 0 Å². The summed E-state index contributed by atoms with van der Waals surface area (Å²) in [5.74, 6) is 0.260. The molecule has 0 amide bonds. The van der Waals surface area contributed by atoms with Gasteiger partial charge in [0, 0.05) is 28.6 Å². The molecule has 4 rings (SSSR count). The molecule has 1 aromatic carbocycles. The molecule has 2 N–H and O–H groups in total. The lowest BCUT2D eigenvalue weighted by molar-refractivity contribution is -0.274. The Hall–Kier alpha value is -1.99. The van der Waals surface area contributed by atoms with Crippen molar-refractivity contribution >= 4 is 0 Å². The van der Waals surface area contributed by atoms with Crippen LogP contribution in [0.3, 0.4) is 0 Å². The Balaban J connectivity index is 1.63. The first-order chi connectivity index (χ1) is 13.0. The van der Waals surface area contributed by atoms with E-state index in [2.05, 4.69) is 15.0 Å². The summed E-state index contributed by atoms with van der Waals surface area (Å²) in [7, 11) is 0. The van der Waals surface area contributed by atoms with E-state index in [1.165, 1.54) is 6.07 Å². The molecule has 1 aromatic heterocycles. The number of aromatic amines is 1. The predicted octanol–water partition coefficient (Wildman–Crippen LogP) is 4.73. The molecule has 0 atom stereocenters. The highest BCUT2D eigenvalue weighted by Gasteiger charge is 2.34. The molecule has 2 fully saturated rings. The van der Waals surface area contributed by atoms with E-state index in [0.717, 1.165) is 55.6 Å². The van der Waals surface area contributed by atoms with Crippen LogP contribution in [0.25, 0.3) is 11.1 Å². The van der Waals surface area contributed by atoms with Crippen LogP contribution in [0.5, 0.6) is 5.75 Å². The van der Waals surface area contributed by atoms with E-state index in [-0.39, 0.29) is 11.9 Å². The molecule has 0 radical (unpaired) electrons. The van der Waals surface area contributed by atoms with E-state index >= 15 is 0 Å². The quantitative estimate of drug-likeness (QED) is 0.762. The average molecular weight is 380 g/mol. The third kappa shape index (κ3) is 4.47. The first-order valence-corrected chi connectivity index (χ1v) is 9.39. The number of alkyl halides is 3. The molecule has 4 nitrogen and oxygen atoms in total. The average Bonchev–Trinajstić information content (AvgIpc) is 3.40. The van der Waals surface area contributed by atoms with Crippen LogP contribution in [-0.2, 0) is 11.3 Å². The van der Waals surface area contributed by atoms with E-state index < -0.39 is 6.36 Å². The second-order valence-electron chi connectivity index (χ2n) is 7.17. The van der Waals surface area contributed by atoms with Gasteiger partial charge in [-0.15, -0.1) is 13.2 Å². The highest BCUT2D eigenvalue weighted by atomic mass is 19.4. The van der Waals surface area contributed by atoms with Crippen molar-refractivity contribution in [2.24, 2.45) is 0 Å². The summed E-state index contributed by atoms with van der Waals surface area (Å²) < 4.78 is 48.8. The number of hydrogen-bond acceptors (Lipinski definition) is 3. The maximum atomic E-state index is 12.8. The Bertz CT molecular complexity index is 778. The molecule has 0 bridgehead atoms. The number of hydrogen-bond donors (Lipinski definition) is 2. The van der Waals surface area contributed by atoms with Gasteiger partial charge in [-0.2, -0.15) is 0 Å². The standard InChI is InChI=1S/C20H23F3N2O2/c21-20(22,23)27-18-4-2-1-3-15(18)16-11-25-19(13-5-6-13)17(16)12-26-14-7-9-24-10-8-14/h1-4,11,13-14,24-25H,5-10,12H2. The van der Waals surface area contributed by atoms with Crippen molar-refractivity contribution in [2.45, 2.75) is 50.7 Å². The fourth-order valence-corrected chi connectivity index (χ4v) is 3.67. The van der Waals surface area contributed by atoms with Gasteiger partial charge in [0.05, 0.1) is 12.7 Å². The largest absolute Gasteiger partial charge is 0.573 e. The van der Waals surface area contributed by atoms with E-state index in [9.17, 15) is 13.2 Å². The number of ether oxygens (including phenoxy) is 2. The monoisotopic (exact) mass is 380 g/mol. The molecule has 1 aliphatic heterocycles. The van der Waals surface area contributed by atoms with Crippen LogP contribution in [0.1, 0.15) is 42.9 Å². The van der Waals surface area contributed by atoms with Crippen LogP contribution in [0, 0.1) is 0 Å². The van der Waals surface area contributed by atoms with Gasteiger partial charge in [-0.3, -0.25) is 0 Å². The van der Waals surface area contributed by atoms with Crippen molar-refractivity contribution in [3.63, 3.8) is 0 Å². The number of aromatic nitrogens is 1. The lowest BCUT2D eigenvalue weighted by Gasteiger charge is -2.23. The van der Waals surface area contributed by atoms with E-state index in [4.69, 9.17) is 4.74 Å². The molecule has 146 valence electrons. The van der Waals surface area contributed by atoms with Crippen LogP contribution >= 0.6 is 0 Å². The van der Waals surface area contributed by atoms with Gasteiger partial charge in [-0.05, 0) is 50.8 Å². The number of rotatable bonds is 6. The Morgan fingerprint density at radius 2 is 1.74 bits per heavy atom. The molecule has 1 saturated carbocycles. The summed E-state index contributed by atoms with van der Waals surface area (Å²) in [6.07, 6.45) is 1.34. The Labute approximate surface area is 156 Å². The smallest absolute Gasteiger partial charge is 0.405 e. The van der Waals surface area contributed by atoms with Crippen LogP contribution in [-0.4, -0.2) is 30.5 Å². The Morgan fingerprint density at radius 3 is 2.44 bits per heavy atom. The number of H-pyrrole nitrogens is 1. The molecular weight excluding hydrogens is 357 g/mol. The van der Waals surface area contributed by atoms with Crippen molar-refractivity contribution in [3.8, 4) is 16.9 Å². The topological polar surface area (TPSA) is 46.3 Å². The molecule has 1 saturated heterocycles. The first kappa shape index (κ1) is 18.4. The molecule has 2 aliphatic rings. The first-order valence-electron chi connectivity index (χ1n) is 9.39. The van der Waals surface area contributed by atoms with Crippen LogP contribution in [0.15, 0.2) is 30.5 Å². The minimum absolute atomic E-state index is 0.183. The second kappa shape index (κ2) is 7.56. The molecule has 0 unspecified atom stereocenters. The van der Waals surface area contributed by atoms with Crippen molar-refractivity contribution in [2.75, 3.05) is 13.1 Å². The van der Waals surface area contributed by atoms with Gasteiger partial charge in [0.1, 0.15) is 5.75 Å².